The summed E-state index contributed by atoms with van der Waals surface area (Å²) in [6, 6.07) is 0. The van der Waals surface area contributed by atoms with Gasteiger partial charge in [-0.15, -0.1) is 0 Å². The van der Waals surface area contributed by atoms with Crippen molar-refractivity contribution in [3.05, 3.63) is 48.6 Å². The zero-order valence-corrected chi connectivity index (χ0v) is 35.4. The second-order valence-electron chi connectivity index (χ2n) is 14.1. The van der Waals surface area contributed by atoms with E-state index >= 15 is 0 Å². The molecule has 0 aliphatic rings. The monoisotopic (exact) mass is 840 g/mol. The molecular weight excluding hydrogens is 770 g/mol. The van der Waals surface area contributed by atoms with Gasteiger partial charge in [0.05, 0.1) is 32.0 Å². The molecule has 326 valence electrons. The summed E-state index contributed by atoms with van der Waals surface area (Å²) in [5.41, 5.74) is 0. The molecule has 0 bridgehead atoms. The van der Waals surface area contributed by atoms with Crippen LogP contribution >= 0.6 is 15.6 Å². The van der Waals surface area contributed by atoms with Gasteiger partial charge in [-0.1, -0.05) is 134 Å². The second-order valence-corrected chi connectivity index (χ2v) is 16.8. The summed E-state index contributed by atoms with van der Waals surface area (Å²) in [6.07, 6.45) is 23.7. The van der Waals surface area contributed by atoms with Gasteiger partial charge in [-0.05, 0) is 38.0 Å². The van der Waals surface area contributed by atoms with Gasteiger partial charge in [0.25, 0.3) is 0 Å². The van der Waals surface area contributed by atoms with Gasteiger partial charge in [-0.3, -0.25) is 23.2 Å². The molecule has 0 radical (unpaired) electrons. The van der Waals surface area contributed by atoms with Gasteiger partial charge in [0.15, 0.2) is 6.10 Å². The van der Waals surface area contributed by atoms with Crippen molar-refractivity contribution >= 4 is 27.6 Å². The standard InChI is InChI=1S/C39H70O15P2/c1-4-5-16-23-34(40)24-18-13-9-7-10-14-19-25-35(41)26-21-28-38(43)50-31-37(32-53-56(48,49)52-30-36(42)29-51-55(45,46)47)54-39(44)27-20-15-11-6-8-12-17-22-33(2)3/h9-10,13-14,18-19,24-25,33-37,40-42H,4-8,11-12,15-17,20-23,26-32H2,1-3H3,(H,48,49)(H2,45,46,47)/b13-9-,14-10-,24-18+,25-19+/t34-,35-,36-,37+/m0/s1. The van der Waals surface area contributed by atoms with Crippen molar-refractivity contribution in [2.24, 2.45) is 5.92 Å². The summed E-state index contributed by atoms with van der Waals surface area (Å²) in [6.45, 7) is 3.59. The van der Waals surface area contributed by atoms with Crippen LogP contribution in [0.2, 0.25) is 0 Å². The summed E-state index contributed by atoms with van der Waals surface area (Å²) in [5.74, 6) is -0.571. The lowest BCUT2D eigenvalue weighted by Crippen LogP contribution is -2.30. The van der Waals surface area contributed by atoms with Crippen LogP contribution < -0.4 is 0 Å². The minimum atomic E-state index is -4.88. The van der Waals surface area contributed by atoms with E-state index in [1.807, 2.05) is 24.3 Å². The first-order chi connectivity index (χ1) is 26.5. The molecule has 0 saturated carbocycles. The van der Waals surface area contributed by atoms with E-state index in [2.05, 4.69) is 29.8 Å². The van der Waals surface area contributed by atoms with Crippen molar-refractivity contribution in [3.8, 4) is 0 Å². The third kappa shape index (κ3) is 37.6. The zero-order valence-electron chi connectivity index (χ0n) is 33.6. The van der Waals surface area contributed by atoms with Gasteiger partial charge >= 0.3 is 27.6 Å². The molecule has 0 aromatic rings. The third-order valence-corrected chi connectivity index (χ3v) is 9.53. The lowest BCUT2D eigenvalue weighted by molar-refractivity contribution is -0.161. The summed E-state index contributed by atoms with van der Waals surface area (Å²) in [4.78, 5) is 52.5. The highest BCUT2D eigenvalue weighted by Crippen LogP contribution is 2.43. The topological polar surface area (TPSA) is 236 Å². The fourth-order valence-corrected chi connectivity index (χ4v) is 6.14. The van der Waals surface area contributed by atoms with Crippen LogP contribution in [-0.4, -0.2) is 92.8 Å². The molecule has 6 N–H and O–H groups in total. The average Bonchev–Trinajstić information content (AvgIpc) is 3.12. The van der Waals surface area contributed by atoms with Crippen LogP contribution in [0.25, 0.3) is 0 Å². The number of rotatable bonds is 36. The molecule has 0 heterocycles. The number of esters is 2. The van der Waals surface area contributed by atoms with Crippen molar-refractivity contribution in [1.29, 1.82) is 0 Å². The zero-order chi connectivity index (χ0) is 42.1. The number of unbranched alkanes of at least 4 members (excludes halogenated alkanes) is 8. The van der Waals surface area contributed by atoms with Gasteiger partial charge in [0.1, 0.15) is 12.7 Å². The number of carbonyl (C=O) groups excluding carboxylic acids is 2. The van der Waals surface area contributed by atoms with Gasteiger partial charge < -0.3 is 39.5 Å². The van der Waals surface area contributed by atoms with E-state index in [1.165, 1.54) is 19.3 Å². The Hall–Kier alpha value is -2.00. The van der Waals surface area contributed by atoms with Crippen LogP contribution in [0.1, 0.15) is 130 Å². The van der Waals surface area contributed by atoms with Crippen molar-refractivity contribution in [2.45, 2.75) is 154 Å². The van der Waals surface area contributed by atoms with Gasteiger partial charge in [0.2, 0.25) is 0 Å². The van der Waals surface area contributed by atoms with Gasteiger partial charge in [-0.2, -0.15) is 0 Å². The molecule has 15 nitrogen and oxygen atoms in total. The van der Waals surface area contributed by atoms with Crippen LogP contribution in [0.15, 0.2) is 48.6 Å². The van der Waals surface area contributed by atoms with Crippen LogP contribution in [0.4, 0.5) is 0 Å². The minimum absolute atomic E-state index is 0.0540. The number of hydrogen-bond acceptors (Lipinski definition) is 12. The Morgan fingerprint density at radius 1 is 0.607 bits per heavy atom. The highest BCUT2D eigenvalue weighted by Gasteiger charge is 2.28. The van der Waals surface area contributed by atoms with E-state index in [4.69, 9.17) is 23.8 Å². The molecule has 56 heavy (non-hydrogen) atoms. The van der Waals surface area contributed by atoms with Gasteiger partial charge in [-0.25, -0.2) is 9.13 Å². The van der Waals surface area contributed by atoms with Crippen LogP contribution in [0.5, 0.6) is 0 Å². The summed E-state index contributed by atoms with van der Waals surface area (Å²) >= 11 is 0. The Morgan fingerprint density at radius 2 is 1.12 bits per heavy atom. The molecule has 0 aliphatic carbocycles. The van der Waals surface area contributed by atoms with E-state index in [0.717, 1.165) is 51.4 Å². The molecule has 5 atom stereocenters. The fraction of sp³-hybridized carbons (Fsp3) is 0.744. The maximum atomic E-state index is 12.6. The smallest absolute Gasteiger partial charge is 0.462 e. The van der Waals surface area contributed by atoms with Crippen molar-refractivity contribution in [3.63, 3.8) is 0 Å². The number of carbonyl (C=O) groups is 2. The van der Waals surface area contributed by atoms with E-state index < -0.39 is 78.4 Å². The van der Waals surface area contributed by atoms with E-state index in [9.17, 15) is 38.9 Å². The highest BCUT2D eigenvalue weighted by molar-refractivity contribution is 7.47. The number of aliphatic hydroxyl groups is 3. The number of aliphatic hydroxyl groups excluding tert-OH is 3. The molecule has 0 aliphatic heterocycles. The number of allylic oxidation sites excluding steroid dienone is 6. The quantitative estimate of drug-likeness (QED) is 0.0157. The molecular formula is C39H70O15P2. The van der Waals surface area contributed by atoms with Gasteiger partial charge in [0, 0.05) is 12.8 Å². The fourth-order valence-electron chi connectivity index (χ4n) is 4.98. The Morgan fingerprint density at radius 3 is 1.71 bits per heavy atom. The maximum absolute atomic E-state index is 12.6. The Bertz CT molecular complexity index is 1230. The van der Waals surface area contributed by atoms with Crippen LogP contribution in [-0.2, 0) is 41.8 Å². The summed E-state index contributed by atoms with van der Waals surface area (Å²) in [5, 5.41) is 29.8. The average molecular weight is 841 g/mol. The molecule has 0 fully saturated rings. The molecule has 0 amide bonds. The Labute approximate surface area is 334 Å². The predicted molar refractivity (Wildman–Crippen MR) is 214 cm³/mol. The van der Waals surface area contributed by atoms with E-state index in [1.54, 1.807) is 24.3 Å². The Kier molecular flexibility index (Phi) is 32.7. The number of phosphoric ester groups is 2. The molecule has 0 saturated heterocycles. The molecule has 0 spiro atoms. The first kappa shape index (κ1) is 54.0. The van der Waals surface area contributed by atoms with Crippen molar-refractivity contribution < 1.29 is 71.8 Å². The van der Waals surface area contributed by atoms with Crippen molar-refractivity contribution in [1.82, 2.24) is 0 Å². The van der Waals surface area contributed by atoms with Crippen molar-refractivity contribution in [2.75, 3.05) is 26.4 Å². The summed E-state index contributed by atoms with van der Waals surface area (Å²) in [7, 11) is -9.74. The normalized spacial score (nSPS) is 15.9. The second kappa shape index (κ2) is 33.9. The SMILES string of the molecule is CCCCC[C@H](O)/C=C/C=C\C/C=C\C=C\[C@H](O)CCCC(=O)OC[C@H](COP(=O)(O)OC[C@@H](O)COP(=O)(O)O)OC(=O)CCCCCCCCCC(C)C. The third-order valence-electron chi connectivity index (χ3n) is 8.10. The first-order valence-corrected chi connectivity index (χ1v) is 22.9. The lowest BCUT2D eigenvalue weighted by atomic mass is 10.0. The van der Waals surface area contributed by atoms with Crippen LogP contribution in [0.3, 0.4) is 0 Å². The molecule has 0 rings (SSSR count). The van der Waals surface area contributed by atoms with Crippen LogP contribution in [0, 0.1) is 5.92 Å². The summed E-state index contributed by atoms with van der Waals surface area (Å²) < 4.78 is 47.4. The molecule has 0 aromatic heterocycles. The predicted octanol–water partition coefficient (Wildman–Crippen LogP) is 7.30. The van der Waals surface area contributed by atoms with E-state index in [-0.39, 0.29) is 19.3 Å². The molecule has 1 unspecified atom stereocenters. The molecule has 17 heteroatoms. The maximum Gasteiger partial charge on any atom is 0.472 e. The first-order valence-electron chi connectivity index (χ1n) is 19.9. The number of phosphoric acid groups is 2. The number of ether oxygens (including phenoxy) is 2. The Balaban J connectivity index is 4.78. The largest absolute Gasteiger partial charge is 0.472 e. The highest BCUT2D eigenvalue weighted by atomic mass is 31.2. The molecule has 0 aromatic carbocycles. The van der Waals surface area contributed by atoms with E-state index in [0.29, 0.717) is 25.2 Å². The lowest BCUT2D eigenvalue weighted by Gasteiger charge is -2.20. The number of hydrogen-bond donors (Lipinski definition) is 6. The minimum Gasteiger partial charge on any atom is -0.462 e.